The minimum Gasteiger partial charge on any atom is -0.467 e. The van der Waals surface area contributed by atoms with Gasteiger partial charge >= 0.3 is 12.6 Å². The van der Waals surface area contributed by atoms with E-state index in [9.17, 15) is 13.6 Å². The summed E-state index contributed by atoms with van der Waals surface area (Å²) in [6.07, 6.45) is 1.61. The summed E-state index contributed by atoms with van der Waals surface area (Å²) in [7, 11) is 1.28. The molecule has 6 heteroatoms. The van der Waals surface area contributed by atoms with Gasteiger partial charge in [-0.3, -0.25) is 5.32 Å². The Kier molecular flexibility index (Phi) is 5.64. The van der Waals surface area contributed by atoms with E-state index in [-0.39, 0.29) is 5.75 Å². The number of carbonyl (C=O) groups excluding carboxylic acids is 1. The fourth-order valence-corrected chi connectivity index (χ4v) is 1.74. The van der Waals surface area contributed by atoms with Gasteiger partial charge in [-0.15, -0.1) is 6.58 Å². The number of alkyl halides is 2. The van der Waals surface area contributed by atoms with Gasteiger partial charge in [0.1, 0.15) is 11.3 Å². The van der Waals surface area contributed by atoms with E-state index in [4.69, 9.17) is 4.74 Å². The Hall–Kier alpha value is -1.95. The van der Waals surface area contributed by atoms with Crippen molar-refractivity contribution in [1.82, 2.24) is 5.32 Å². The highest BCUT2D eigenvalue weighted by Crippen LogP contribution is 2.25. The van der Waals surface area contributed by atoms with E-state index in [1.807, 2.05) is 0 Å². The molecule has 20 heavy (non-hydrogen) atoms. The van der Waals surface area contributed by atoms with Crippen molar-refractivity contribution in [3.8, 4) is 5.75 Å². The third kappa shape index (κ3) is 3.77. The second-order valence-corrected chi connectivity index (χ2v) is 4.19. The van der Waals surface area contributed by atoms with E-state index < -0.39 is 18.1 Å². The summed E-state index contributed by atoms with van der Waals surface area (Å²) < 4.78 is 33.2. The van der Waals surface area contributed by atoms with Gasteiger partial charge in [0.05, 0.1) is 7.11 Å². The number of ether oxygens (including phenoxy) is 2. The van der Waals surface area contributed by atoms with Gasteiger partial charge in [0.2, 0.25) is 0 Å². The van der Waals surface area contributed by atoms with E-state index >= 15 is 0 Å². The highest BCUT2D eigenvalue weighted by molar-refractivity contribution is 5.82. The van der Waals surface area contributed by atoms with E-state index in [1.165, 1.54) is 31.4 Å². The summed E-state index contributed by atoms with van der Waals surface area (Å²) >= 11 is 0. The molecule has 0 saturated carbocycles. The molecule has 0 fully saturated rings. The van der Waals surface area contributed by atoms with Gasteiger partial charge in [0, 0.05) is 6.54 Å². The van der Waals surface area contributed by atoms with Crippen LogP contribution in [-0.4, -0.2) is 26.2 Å². The maximum Gasteiger partial charge on any atom is 0.387 e. The van der Waals surface area contributed by atoms with Gasteiger partial charge in [-0.1, -0.05) is 18.2 Å². The topological polar surface area (TPSA) is 47.6 Å². The zero-order valence-electron chi connectivity index (χ0n) is 11.4. The molecule has 0 aromatic heterocycles. The third-order valence-electron chi connectivity index (χ3n) is 2.85. The zero-order chi connectivity index (χ0) is 15.2. The molecule has 0 aliphatic heterocycles. The number of nitrogens with one attached hydrogen (secondary N) is 1. The smallest absolute Gasteiger partial charge is 0.387 e. The first kappa shape index (κ1) is 16.1. The molecule has 1 atom stereocenters. The van der Waals surface area contributed by atoms with Gasteiger partial charge < -0.3 is 9.47 Å². The Labute approximate surface area is 116 Å². The molecule has 110 valence electrons. The summed E-state index contributed by atoms with van der Waals surface area (Å²) in [5.41, 5.74) is -0.514. The Morgan fingerprint density at radius 3 is 2.50 bits per heavy atom. The first-order chi connectivity index (χ1) is 9.43. The van der Waals surface area contributed by atoms with Crippen molar-refractivity contribution in [2.45, 2.75) is 19.1 Å². The van der Waals surface area contributed by atoms with E-state index in [0.29, 0.717) is 12.1 Å². The largest absolute Gasteiger partial charge is 0.467 e. The van der Waals surface area contributed by atoms with Crippen LogP contribution in [0.15, 0.2) is 36.9 Å². The minimum absolute atomic E-state index is 0.0275. The SMILES string of the molecule is C=CCNC(C)(C(=O)OC)c1ccc(OC(F)F)cc1. The molecule has 0 spiro atoms. The number of hydrogen-bond acceptors (Lipinski definition) is 4. The lowest BCUT2D eigenvalue weighted by atomic mass is 9.92. The van der Waals surface area contributed by atoms with Crippen LogP contribution in [0.3, 0.4) is 0 Å². The fraction of sp³-hybridized carbons (Fsp3) is 0.357. The average molecular weight is 285 g/mol. The van der Waals surface area contributed by atoms with Crippen molar-refractivity contribution < 1.29 is 23.0 Å². The fourth-order valence-electron chi connectivity index (χ4n) is 1.74. The minimum atomic E-state index is -2.88. The van der Waals surface area contributed by atoms with Crippen LogP contribution >= 0.6 is 0 Å². The van der Waals surface area contributed by atoms with Crippen molar-refractivity contribution in [3.05, 3.63) is 42.5 Å². The first-order valence-corrected chi connectivity index (χ1v) is 5.93. The Balaban J connectivity index is 3.02. The van der Waals surface area contributed by atoms with Crippen molar-refractivity contribution in [1.29, 1.82) is 0 Å². The van der Waals surface area contributed by atoms with Gasteiger partial charge in [-0.2, -0.15) is 8.78 Å². The predicted octanol–water partition coefficient (Wildman–Crippen LogP) is 2.45. The number of benzene rings is 1. The lowest BCUT2D eigenvalue weighted by molar-refractivity contribution is -0.148. The zero-order valence-corrected chi connectivity index (χ0v) is 11.4. The van der Waals surface area contributed by atoms with Gasteiger partial charge in [0.25, 0.3) is 0 Å². The maximum atomic E-state index is 12.1. The van der Waals surface area contributed by atoms with Crippen molar-refractivity contribution in [2.24, 2.45) is 0 Å². The summed E-state index contributed by atoms with van der Waals surface area (Å²) in [5, 5.41) is 2.99. The van der Waals surface area contributed by atoms with Crippen molar-refractivity contribution in [3.63, 3.8) is 0 Å². The van der Waals surface area contributed by atoms with Crippen LogP contribution in [0.5, 0.6) is 5.75 Å². The van der Waals surface area contributed by atoms with Crippen LogP contribution in [0, 0.1) is 0 Å². The number of rotatable bonds is 7. The van der Waals surface area contributed by atoms with Crippen molar-refractivity contribution in [2.75, 3.05) is 13.7 Å². The standard InChI is InChI=1S/C14H17F2NO3/c1-4-9-17-14(2,12(18)19-3)10-5-7-11(8-6-10)20-13(15)16/h4-8,13,17H,1,9H2,2-3H3. The van der Waals surface area contributed by atoms with E-state index in [1.54, 1.807) is 13.0 Å². The molecule has 1 rings (SSSR count). The van der Waals surface area contributed by atoms with Crippen LogP contribution in [-0.2, 0) is 15.1 Å². The first-order valence-electron chi connectivity index (χ1n) is 5.93. The molecule has 1 unspecified atom stereocenters. The number of esters is 1. The molecule has 0 aliphatic rings. The van der Waals surface area contributed by atoms with Crippen molar-refractivity contribution >= 4 is 5.97 Å². The molecule has 0 radical (unpaired) electrons. The average Bonchev–Trinajstić information content (AvgIpc) is 2.44. The molecule has 1 aromatic rings. The lowest BCUT2D eigenvalue weighted by Gasteiger charge is -2.28. The Morgan fingerprint density at radius 2 is 2.05 bits per heavy atom. The van der Waals surface area contributed by atoms with Gasteiger partial charge in [-0.05, 0) is 24.6 Å². The van der Waals surface area contributed by atoms with Crippen LogP contribution in [0.1, 0.15) is 12.5 Å². The number of carbonyl (C=O) groups is 1. The summed E-state index contributed by atoms with van der Waals surface area (Å²) in [6.45, 7) is 2.72. The molecular weight excluding hydrogens is 268 g/mol. The lowest BCUT2D eigenvalue weighted by Crippen LogP contribution is -2.47. The summed E-state index contributed by atoms with van der Waals surface area (Å²) in [6, 6.07) is 5.81. The highest BCUT2D eigenvalue weighted by Gasteiger charge is 2.35. The molecule has 0 amide bonds. The maximum absolute atomic E-state index is 12.1. The summed E-state index contributed by atoms with van der Waals surface area (Å²) in [4.78, 5) is 11.9. The monoisotopic (exact) mass is 285 g/mol. The van der Waals surface area contributed by atoms with E-state index in [0.717, 1.165) is 0 Å². The van der Waals surface area contributed by atoms with E-state index in [2.05, 4.69) is 16.6 Å². The molecule has 4 nitrogen and oxygen atoms in total. The second-order valence-electron chi connectivity index (χ2n) is 4.19. The summed E-state index contributed by atoms with van der Waals surface area (Å²) in [5.74, 6) is -0.457. The molecule has 1 aromatic carbocycles. The van der Waals surface area contributed by atoms with Crippen LogP contribution in [0.25, 0.3) is 0 Å². The van der Waals surface area contributed by atoms with Crippen LogP contribution in [0.4, 0.5) is 8.78 Å². The Bertz CT molecular complexity index is 462. The quantitative estimate of drug-likeness (QED) is 0.617. The number of methoxy groups -OCH3 is 1. The molecule has 0 aliphatic carbocycles. The highest BCUT2D eigenvalue weighted by atomic mass is 19.3. The van der Waals surface area contributed by atoms with Crippen LogP contribution in [0.2, 0.25) is 0 Å². The third-order valence-corrected chi connectivity index (χ3v) is 2.85. The molecule has 0 heterocycles. The number of hydrogen-bond donors (Lipinski definition) is 1. The molecule has 1 N–H and O–H groups in total. The Morgan fingerprint density at radius 1 is 1.45 bits per heavy atom. The molecular formula is C14H17F2NO3. The van der Waals surface area contributed by atoms with Gasteiger partial charge in [0.15, 0.2) is 0 Å². The number of halogens is 2. The predicted molar refractivity (Wildman–Crippen MR) is 70.6 cm³/mol. The van der Waals surface area contributed by atoms with Gasteiger partial charge in [-0.25, -0.2) is 4.79 Å². The van der Waals surface area contributed by atoms with Crippen LogP contribution < -0.4 is 10.1 Å². The second kappa shape index (κ2) is 7.00. The molecule has 0 bridgehead atoms. The molecule has 0 saturated heterocycles. The normalized spacial score (nSPS) is 13.7.